The van der Waals surface area contributed by atoms with Crippen LogP contribution in [0, 0.1) is 12.3 Å². The number of aliphatic carboxylic acids is 1. The van der Waals surface area contributed by atoms with Crippen molar-refractivity contribution >= 4 is 12.0 Å². The average Bonchev–Trinajstić information content (AvgIpc) is 2.13. The quantitative estimate of drug-likeness (QED) is 0.652. The van der Waals surface area contributed by atoms with E-state index in [9.17, 15) is 9.59 Å². The van der Waals surface area contributed by atoms with Crippen LogP contribution in [-0.4, -0.2) is 41.1 Å². The fourth-order valence-electron chi connectivity index (χ4n) is 1.04. The molecule has 5 nitrogen and oxygen atoms in total. The van der Waals surface area contributed by atoms with Gasteiger partial charge in [-0.15, -0.1) is 6.42 Å². The number of carboxylic acids is 1. The molecule has 0 fully saturated rings. The summed E-state index contributed by atoms with van der Waals surface area (Å²) in [7, 11) is 0. The number of nitrogens with zero attached hydrogens (tertiary/aromatic N) is 1. The van der Waals surface area contributed by atoms with Crippen LogP contribution in [0.2, 0.25) is 0 Å². The third-order valence-electron chi connectivity index (χ3n) is 1.79. The zero-order chi connectivity index (χ0) is 11.8. The number of amides is 2. The average molecular weight is 212 g/mol. The van der Waals surface area contributed by atoms with Gasteiger partial charge in [-0.2, -0.15) is 0 Å². The first-order valence-corrected chi connectivity index (χ1v) is 4.68. The van der Waals surface area contributed by atoms with Crippen LogP contribution in [0.3, 0.4) is 0 Å². The van der Waals surface area contributed by atoms with Gasteiger partial charge in [0.05, 0.1) is 13.0 Å². The molecule has 0 aromatic rings. The van der Waals surface area contributed by atoms with Gasteiger partial charge in [-0.1, -0.05) is 5.92 Å². The molecule has 5 heteroatoms. The van der Waals surface area contributed by atoms with Gasteiger partial charge in [-0.05, 0) is 13.8 Å². The van der Waals surface area contributed by atoms with Gasteiger partial charge in [0.25, 0.3) is 0 Å². The van der Waals surface area contributed by atoms with Gasteiger partial charge in [0.1, 0.15) is 0 Å². The highest BCUT2D eigenvalue weighted by Gasteiger charge is 2.16. The van der Waals surface area contributed by atoms with Crippen molar-refractivity contribution in [1.82, 2.24) is 10.2 Å². The van der Waals surface area contributed by atoms with E-state index < -0.39 is 5.97 Å². The first-order valence-electron chi connectivity index (χ1n) is 4.68. The highest BCUT2D eigenvalue weighted by Crippen LogP contribution is 2.00. The lowest BCUT2D eigenvalue weighted by Gasteiger charge is -2.25. The number of carboxylic acid groups (broad SMARTS) is 1. The van der Waals surface area contributed by atoms with Crippen LogP contribution in [0.1, 0.15) is 20.3 Å². The molecule has 0 saturated carbocycles. The van der Waals surface area contributed by atoms with Gasteiger partial charge in [0, 0.05) is 12.6 Å². The maximum atomic E-state index is 11.5. The second-order valence-corrected chi connectivity index (χ2v) is 3.29. The Morgan fingerprint density at radius 3 is 2.53 bits per heavy atom. The van der Waals surface area contributed by atoms with E-state index in [0.717, 1.165) is 0 Å². The molecule has 0 rings (SSSR count). The summed E-state index contributed by atoms with van der Waals surface area (Å²) in [4.78, 5) is 23.3. The van der Waals surface area contributed by atoms with Crippen LogP contribution in [-0.2, 0) is 4.79 Å². The molecule has 84 valence electrons. The Labute approximate surface area is 89.4 Å². The summed E-state index contributed by atoms with van der Waals surface area (Å²) in [5, 5.41) is 11.0. The molecular formula is C10H16N2O3. The highest BCUT2D eigenvalue weighted by atomic mass is 16.4. The van der Waals surface area contributed by atoms with Crippen molar-refractivity contribution in [3.05, 3.63) is 0 Å². The van der Waals surface area contributed by atoms with Gasteiger partial charge >= 0.3 is 12.0 Å². The first-order chi connectivity index (χ1) is 6.99. The molecule has 0 aromatic heterocycles. The largest absolute Gasteiger partial charge is 0.481 e. The molecule has 15 heavy (non-hydrogen) atoms. The van der Waals surface area contributed by atoms with Gasteiger partial charge in [0.2, 0.25) is 0 Å². The Bertz CT molecular complexity index is 268. The summed E-state index contributed by atoms with van der Waals surface area (Å²) in [5.41, 5.74) is 0. The maximum absolute atomic E-state index is 11.5. The molecule has 2 amide bonds. The first kappa shape index (κ1) is 13.3. The van der Waals surface area contributed by atoms with E-state index in [2.05, 4.69) is 11.2 Å². The van der Waals surface area contributed by atoms with Crippen molar-refractivity contribution in [3.8, 4) is 12.3 Å². The standard InChI is InChI=1S/C10H16N2O3/c1-4-6-11-10(15)12(8(2)3)7-5-9(13)14/h1,8H,5-7H2,2-3H3,(H,11,15)(H,13,14). The molecule has 0 aliphatic heterocycles. The van der Waals surface area contributed by atoms with E-state index in [0.29, 0.717) is 0 Å². The molecule has 2 N–H and O–H groups in total. The van der Waals surface area contributed by atoms with Crippen molar-refractivity contribution in [2.45, 2.75) is 26.3 Å². The van der Waals surface area contributed by atoms with E-state index in [1.54, 1.807) is 0 Å². The Balaban J connectivity index is 4.20. The number of carbonyl (C=O) groups is 2. The minimum atomic E-state index is -0.926. The molecule has 0 atom stereocenters. The third kappa shape index (κ3) is 5.57. The minimum absolute atomic E-state index is 0.0536. The smallest absolute Gasteiger partial charge is 0.318 e. The van der Waals surface area contributed by atoms with Crippen molar-refractivity contribution in [2.24, 2.45) is 0 Å². The lowest BCUT2D eigenvalue weighted by Crippen LogP contribution is -2.45. The van der Waals surface area contributed by atoms with Gasteiger partial charge < -0.3 is 15.3 Å². The van der Waals surface area contributed by atoms with Gasteiger partial charge in [-0.25, -0.2) is 4.79 Å². The van der Waals surface area contributed by atoms with Crippen molar-refractivity contribution in [3.63, 3.8) is 0 Å². The number of nitrogens with one attached hydrogen (secondary N) is 1. The summed E-state index contributed by atoms with van der Waals surface area (Å²) in [5.74, 6) is 1.36. The summed E-state index contributed by atoms with van der Waals surface area (Å²) >= 11 is 0. The normalized spacial score (nSPS) is 9.47. The van der Waals surface area contributed by atoms with Crippen LogP contribution in [0.25, 0.3) is 0 Å². The molecule has 0 unspecified atom stereocenters. The predicted molar refractivity (Wildman–Crippen MR) is 56.3 cm³/mol. The Morgan fingerprint density at radius 1 is 1.53 bits per heavy atom. The Morgan fingerprint density at radius 2 is 2.13 bits per heavy atom. The molecule has 0 aliphatic carbocycles. The SMILES string of the molecule is C#CCNC(=O)N(CCC(=O)O)C(C)C. The Kier molecular flexibility index (Phi) is 5.95. The molecule has 0 saturated heterocycles. The van der Waals surface area contributed by atoms with Crippen molar-refractivity contribution < 1.29 is 14.7 Å². The fourth-order valence-corrected chi connectivity index (χ4v) is 1.04. The summed E-state index contributed by atoms with van der Waals surface area (Å²) < 4.78 is 0. The second-order valence-electron chi connectivity index (χ2n) is 3.29. The topological polar surface area (TPSA) is 69.6 Å². The van der Waals surface area contributed by atoms with E-state index in [1.165, 1.54) is 4.90 Å². The van der Waals surface area contributed by atoms with Crippen LogP contribution in [0.4, 0.5) is 4.79 Å². The molecule has 0 spiro atoms. The summed E-state index contributed by atoms with van der Waals surface area (Å²) in [6.45, 7) is 3.97. The molecular weight excluding hydrogens is 196 g/mol. The van der Waals surface area contributed by atoms with E-state index in [1.807, 2.05) is 13.8 Å². The molecule has 0 aliphatic rings. The zero-order valence-corrected chi connectivity index (χ0v) is 8.99. The minimum Gasteiger partial charge on any atom is -0.481 e. The van der Waals surface area contributed by atoms with Crippen LogP contribution < -0.4 is 5.32 Å². The van der Waals surface area contributed by atoms with Crippen LogP contribution in [0.15, 0.2) is 0 Å². The van der Waals surface area contributed by atoms with Gasteiger partial charge in [-0.3, -0.25) is 4.79 Å². The number of rotatable bonds is 5. The third-order valence-corrected chi connectivity index (χ3v) is 1.79. The second kappa shape index (κ2) is 6.71. The number of hydrogen-bond donors (Lipinski definition) is 2. The summed E-state index contributed by atoms with van der Waals surface area (Å²) in [6.07, 6.45) is 4.93. The number of carbonyl (C=O) groups excluding carboxylic acids is 1. The summed E-state index contributed by atoms with van der Waals surface area (Å²) in [6, 6.07) is -0.383. The zero-order valence-electron chi connectivity index (χ0n) is 8.99. The number of urea groups is 1. The number of terminal acetylenes is 1. The van der Waals surface area contributed by atoms with Crippen LogP contribution in [0.5, 0.6) is 0 Å². The molecule has 0 aromatic carbocycles. The van der Waals surface area contributed by atoms with Crippen molar-refractivity contribution in [1.29, 1.82) is 0 Å². The molecule has 0 radical (unpaired) electrons. The lowest BCUT2D eigenvalue weighted by atomic mass is 10.3. The fraction of sp³-hybridized carbons (Fsp3) is 0.600. The van der Waals surface area contributed by atoms with E-state index >= 15 is 0 Å². The van der Waals surface area contributed by atoms with E-state index in [-0.39, 0.29) is 31.6 Å². The number of hydrogen-bond acceptors (Lipinski definition) is 2. The molecule has 0 bridgehead atoms. The monoisotopic (exact) mass is 212 g/mol. The van der Waals surface area contributed by atoms with E-state index in [4.69, 9.17) is 11.5 Å². The maximum Gasteiger partial charge on any atom is 0.318 e. The predicted octanol–water partition coefficient (Wildman–Crippen LogP) is 0.514. The molecule has 0 heterocycles. The lowest BCUT2D eigenvalue weighted by molar-refractivity contribution is -0.137. The van der Waals surface area contributed by atoms with Gasteiger partial charge in [0.15, 0.2) is 0 Å². The van der Waals surface area contributed by atoms with Crippen molar-refractivity contribution in [2.75, 3.05) is 13.1 Å². The highest BCUT2D eigenvalue weighted by molar-refractivity contribution is 5.75. The Hall–Kier alpha value is -1.70. The van der Waals surface area contributed by atoms with Crippen LogP contribution >= 0.6 is 0 Å².